The number of hydrogen-bond acceptors (Lipinski definition) is 3. The van der Waals surface area contributed by atoms with Crippen LogP contribution in [0, 0.1) is 26.7 Å². The maximum atomic E-state index is 12.5. The fourth-order valence-electron chi connectivity index (χ4n) is 5.07. The lowest BCUT2D eigenvalue weighted by atomic mass is 9.75. The quantitative estimate of drug-likeness (QED) is 0.569. The number of aryl methyl sites for hydroxylation is 3. The Morgan fingerprint density at radius 1 is 1.17 bits per heavy atom. The van der Waals surface area contributed by atoms with Crippen LogP contribution in [-0.2, 0) is 4.74 Å². The highest BCUT2D eigenvalue weighted by Crippen LogP contribution is 2.51. The summed E-state index contributed by atoms with van der Waals surface area (Å²) < 4.78 is 5.02. The molecule has 2 aliphatic rings. The Morgan fingerprint density at radius 3 is 2.66 bits per heavy atom. The molecule has 0 aromatic heterocycles. The molecule has 4 heteroatoms. The molecular weight excluding hydrogens is 360 g/mol. The summed E-state index contributed by atoms with van der Waals surface area (Å²) in [6.07, 6.45) is 5.67. The summed E-state index contributed by atoms with van der Waals surface area (Å²) in [6.45, 7) is 7.63. The molecule has 4 nitrogen and oxygen atoms in total. The minimum absolute atomic E-state index is 0.0456. The molecule has 1 aliphatic carbocycles. The van der Waals surface area contributed by atoms with E-state index < -0.39 is 0 Å². The molecule has 1 heterocycles. The second-order valence-electron chi connectivity index (χ2n) is 8.34. The second kappa shape index (κ2) is 8.03. The van der Waals surface area contributed by atoms with Crippen LogP contribution in [-0.4, -0.2) is 26.2 Å². The molecule has 0 fully saturated rings. The molecule has 3 unspecified atom stereocenters. The normalized spacial score (nSPS) is 22.0. The summed E-state index contributed by atoms with van der Waals surface area (Å²) in [5.41, 5.74) is 8.50. The number of carbonyl (C=O) groups excluding carboxylic acids is 1. The molecule has 3 atom stereocenters. The lowest BCUT2D eigenvalue weighted by molar-refractivity contribution is 0.0937. The van der Waals surface area contributed by atoms with E-state index in [4.69, 9.17) is 4.74 Å². The van der Waals surface area contributed by atoms with E-state index >= 15 is 0 Å². The number of fused-ring (bicyclic) bond motifs is 3. The van der Waals surface area contributed by atoms with Crippen LogP contribution in [0.4, 0.5) is 5.69 Å². The third-order valence-corrected chi connectivity index (χ3v) is 6.27. The van der Waals surface area contributed by atoms with Gasteiger partial charge in [-0.2, -0.15) is 0 Å². The van der Waals surface area contributed by atoms with Gasteiger partial charge in [-0.05, 0) is 73.6 Å². The van der Waals surface area contributed by atoms with Gasteiger partial charge < -0.3 is 15.4 Å². The highest BCUT2D eigenvalue weighted by atomic mass is 16.5. The summed E-state index contributed by atoms with van der Waals surface area (Å²) in [7, 11) is 1.64. The zero-order chi connectivity index (χ0) is 20.5. The molecule has 29 heavy (non-hydrogen) atoms. The Hall–Kier alpha value is -2.59. The lowest BCUT2D eigenvalue weighted by Crippen LogP contribution is -2.31. The summed E-state index contributed by atoms with van der Waals surface area (Å²) in [5, 5.41) is 6.73. The number of anilines is 1. The molecule has 0 radical (unpaired) electrons. The number of ether oxygens (including phenoxy) is 1. The molecule has 2 N–H and O–H groups in total. The molecule has 1 aliphatic heterocycles. The average Bonchev–Trinajstić information content (AvgIpc) is 3.17. The maximum absolute atomic E-state index is 12.5. The number of hydrogen-bond donors (Lipinski definition) is 2. The maximum Gasteiger partial charge on any atom is 0.251 e. The molecule has 0 saturated carbocycles. The number of nitrogens with one attached hydrogen (secondary N) is 2. The Labute approximate surface area is 173 Å². The smallest absolute Gasteiger partial charge is 0.251 e. The van der Waals surface area contributed by atoms with Crippen LogP contribution in [0.2, 0.25) is 0 Å². The molecule has 2 aromatic carbocycles. The van der Waals surface area contributed by atoms with E-state index in [1.165, 1.54) is 27.8 Å². The van der Waals surface area contributed by atoms with Crippen LogP contribution >= 0.6 is 0 Å². The zero-order valence-electron chi connectivity index (χ0n) is 17.7. The van der Waals surface area contributed by atoms with Gasteiger partial charge in [0.1, 0.15) is 0 Å². The fraction of sp³-hybridized carbons (Fsp3) is 0.400. The van der Waals surface area contributed by atoms with Crippen molar-refractivity contribution in [3.63, 3.8) is 0 Å². The predicted molar refractivity (Wildman–Crippen MR) is 118 cm³/mol. The van der Waals surface area contributed by atoms with E-state index in [1.54, 1.807) is 7.11 Å². The van der Waals surface area contributed by atoms with Crippen LogP contribution in [0.1, 0.15) is 56.6 Å². The van der Waals surface area contributed by atoms with E-state index in [-0.39, 0.29) is 11.9 Å². The Bertz CT molecular complexity index is 940. The summed E-state index contributed by atoms with van der Waals surface area (Å²) >= 11 is 0. The topological polar surface area (TPSA) is 50.4 Å². The van der Waals surface area contributed by atoms with Crippen LogP contribution in [0.3, 0.4) is 0 Å². The van der Waals surface area contributed by atoms with Crippen molar-refractivity contribution in [3.8, 4) is 0 Å². The lowest BCUT2D eigenvalue weighted by Gasteiger charge is -2.39. The first-order chi connectivity index (χ1) is 14.0. The Kier molecular flexibility index (Phi) is 5.46. The standard InChI is InChI=1S/C25H30N2O2/c1-15-12-16(2)23(17(3)13-15)24-20-7-5-6-19(20)21-14-18(8-9-22(21)27-24)25(28)26-10-11-29-4/h5-6,8-9,12-14,19-20,24,27H,7,10-11H2,1-4H3,(H,26,28). The minimum atomic E-state index is -0.0456. The van der Waals surface area contributed by atoms with E-state index in [2.05, 4.69) is 67.8 Å². The molecular formula is C25H30N2O2. The molecule has 152 valence electrons. The highest BCUT2D eigenvalue weighted by Gasteiger charge is 2.39. The first kappa shape index (κ1) is 19.7. The molecule has 4 rings (SSSR count). The van der Waals surface area contributed by atoms with Crippen LogP contribution in [0.25, 0.3) is 0 Å². The predicted octanol–water partition coefficient (Wildman–Crippen LogP) is 4.81. The van der Waals surface area contributed by atoms with Gasteiger partial charge in [0.05, 0.1) is 12.6 Å². The van der Waals surface area contributed by atoms with E-state index in [9.17, 15) is 4.79 Å². The van der Waals surface area contributed by atoms with Gasteiger partial charge in [-0.15, -0.1) is 0 Å². The van der Waals surface area contributed by atoms with Crippen molar-refractivity contribution in [3.05, 3.63) is 75.9 Å². The van der Waals surface area contributed by atoms with Crippen molar-refractivity contribution < 1.29 is 9.53 Å². The Balaban J connectivity index is 1.67. The molecule has 2 aromatic rings. The number of amides is 1. The largest absolute Gasteiger partial charge is 0.383 e. The van der Waals surface area contributed by atoms with Crippen LogP contribution < -0.4 is 10.6 Å². The van der Waals surface area contributed by atoms with E-state index in [0.717, 1.165) is 12.1 Å². The van der Waals surface area contributed by atoms with E-state index in [1.807, 2.05) is 6.07 Å². The number of methoxy groups -OCH3 is 1. The fourth-order valence-corrected chi connectivity index (χ4v) is 5.07. The van der Waals surface area contributed by atoms with E-state index in [0.29, 0.717) is 30.6 Å². The number of rotatable bonds is 5. The van der Waals surface area contributed by atoms with Crippen molar-refractivity contribution in [1.29, 1.82) is 0 Å². The first-order valence-corrected chi connectivity index (χ1v) is 10.4. The van der Waals surface area contributed by atoms with Crippen LogP contribution in [0.5, 0.6) is 0 Å². The zero-order valence-corrected chi connectivity index (χ0v) is 17.7. The van der Waals surface area contributed by atoms with Gasteiger partial charge in [0.2, 0.25) is 0 Å². The summed E-state index contributed by atoms with van der Waals surface area (Å²) in [4.78, 5) is 12.5. The van der Waals surface area contributed by atoms with Gasteiger partial charge in [-0.3, -0.25) is 4.79 Å². The molecule has 0 spiro atoms. The van der Waals surface area contributed by atoms with Gasteiger partial charge in [0.25, 0.3) is 5.91 Å². The SMILES string of the molecule is COCCNC(=O)c1ccc2c(c1)C1C=CCC1C(c1c(C)cc(C)cc1C)N2. The van der Waals surface area contributed by atoms with Gasteiger partial charge >= 0.3 is 0 Å². The van der Waals surface area contributed by atoms with Gasteiger partial charge in [-0.25, -0.2) is 0 Å². The van der Waals surface area contributed by atoms with Gasteiger partial charge in [-0.1, -0.05) is 29.8 Å². The van der Waals surface area contributed by atoms with Crippen molar-refractivity contribution in [2.45, 2.75) is 39.2 Å². The van der Waals surface area contributed by atoms with Crippen molar-refractivity contribution in [2.75, 3.05) is 25.6 Å². The monoisotopic (exact) mass is 390 g/mol. The molecule has 0 bridgehead atoms. The minimum Gasteiger partial charge on any atom is -0.383 e. The summed E-state index contributed by atoms with van der Waals surface area (Å²) in [5.74, 6) is 0.758. The van der Waals surface area contributed by atoms with Crippen molar-refractivity contribution in [2.24, 2.45) is 5.92 Å². The van der Waals surface area contributed by atoms with Crippen molar-refractivity contribution >= 4 is 11.6 Å². The number of allylic oxidation sites excluding steroid dienone is 2. The second-order valence-corrected chi connectivity index (χ2v) is 8.34. The first-order valence-electron chi connectivity index (χ1n) is 10.4. The number of carbonyl (C=O) groups is 1. The average molecular weight is 391 g/mol. The third-order valence-electron chi connectivity index (χ3n) is 6.27. The van der Waals surface area contributed by atoms with Gasteiger partial charge in [0, 0.05) is 30.8 Å². The molecule has 1 amide bonds. The summed E-state index contributed by atoms with van der Waals surface area (Å²) in [6, 6.07) is 10.9. The Morgan fingerprint density at radius 2 is 1.93 bits per heavy atom. The highest BCUT2D eigenvalue weighted by molar-refractivity contribution is 5.95. The van der Waals surface area contributed by atoms with Crippen molar-refractivity contribution in [1.82, 2.24) is 5.32 Å². The number of benzene rings is 2. The molecule has 0 saturated heterocycles. The third kappa shape index (κ3) is 3.69. The van der Waals surface area contributed by atoms with Crippen LogP contribution in [0.15, 0.2) is 42.5 Å². The van der Waals surface area contributed by atoms with Gasteiger partial charge in [0.15, 0.2) is 0 Å².